The third kappa shape index (κ3) is 2.46. The lowest BCUT2D eigenvalue weighted by Crippen LogP contribution is -2.24. The van der Waals surface area contributed by atoms with Crippen LogP contribution in [-0.4, -0.2) is 28.0 Å². The van der Waals surface area contributed by atoms with E-state index in [9.17, 15) is 4.79 Å². The number of aromatic nitrogens is 2. The average molecular weight is 218 g/mol. The van der Waals surface area contributed by atoms with Crippen LogP contribution in [-0.2, 0) is 0 Å². The fourth-order valence-corrected chi connectivity index (χ4v) is 1.13. The molecular weight excluding hydrogens is 206 g/mol. The van der Waals surface area contributed by atoms with Gasteiger partial charge >= 0.3 is 0 Å². The van der Waals surface area contributed by atoms with Crippen molar-refractivity contribution in [3.8, 4) is 0 Å². The second-order valence-corrected chi connectivity index (χ2v) is 3.24. The fraction of sp³-hybridized carbons (Fsp3) is 0.500. The first-order valence-electron chi connectivity index (χ1n) is 4.29. The smallest absolute Gasteiger partial charge is 0.285 e. The Kier molecular flexibility index (Phi) is 3.91. The van der Waals surface area contributed by atoms with E-state index in [1.807, 2.05) is 6.92 Å². The first-order chi connectivity index (χ1) is 6.69. The third-order valence-electron chi connectivity index (χ3n) is 1.87. The zero-order valence-corrected chi connectivity index (χ0v) is 8.51. The lowest BCUT2D eigenvalue weighted by Gasteiger charge is -2.15. The van der Waals surface area contributed by atoms with E-state index in [1.165, 1.54) is 6.20 Å². The van der Waals surface area contributed by atoms with Crippen LogP contribution in [0.1, 0.15) is 13.3 Å². The van der Waals surface area contributed by atoms with Gasteiger partial charge in [-0.15, -0.1) is 0 Å². The van der Waals surface area contributed by atoms with Crippen molar-refractivity contribution in [3.63, 3.8) is 0 Å². The van der Waals surface area contributed by atoms with Crippen LogP contribution in [0, 0.1) is 0 Å². The van der Waals surface area contributed by atoms with Crippen molar-refractivity contribution in [1.82, 2.24) is 10.2 Å². The summed E-state index contributed by atoms with van der Waals surface area (Å²) in [5.41, 5.74) is 0.000719. The van der Waals surface area contributed by atoms with Crippen molar-refractivity contribution in [2.24, 2.45) is 0 Å². The molecule has 0 saturated carbocycles. The van der Waals surface area contributed by atoms with Gasteiger partial charge in [0.1, 0.15) is 5.02 Å². The predicted octanol–water partition coefficient (Wildman–Crippen LogP) is 0.606. The van der Waals surface area contributed by atoms with E-state index in [1.54, 1.807) is 0 Å². The lowest BCUT2D eigenvalue weighted by atomic mass is 10.2. The van der Waals surface area contributed by atoms with E-state index in [0.717, 1.165) is 6.42 Å². The van der Waals surface area contributed by atoms with E-state index in [2.05, 4.69) is 15.5 Å². The Morgan fingerprint density at radius 2 is 2.50 bits per heavy atom. The minimum absolute atomic E-state index is 0.0143. The van der Waals surface area contributed by atoms with Gasteiger partial charge in [0.2, 0.25) is 0 Å². The first kappa shape index (κ1) is 11.0. The predicted molar refractivity (Wildman–Crippen MR) is 54.7 cm³/mol. The van der Waals surface area contributed by atoms with Crippen molar-refractivity contribution < 1.29 is 5.11 Å². The highest BCUT2D eigenvalue weighted by Crippen LogP contribution is 2.15. The van der Waals surface area contributed by atoms with Crippen LogP contribution in [0.4, 0.5) is 5.69 Å². The number of nitrogens with zero attached hydrogens (tertiary/aromatic N) is 1. The van der Waals surface area contributed by atoms with Gasteiger partial charge in [-0.25, -0.2) is 5.10 Å². The third-order valence-corrected chi connectivity index (χ3v) is 2.24. The van der Waals surface area contributed by atoms with E-state index < -0.39 is 5.56 Å². The SMILES string of the molecule is CC[C@H](CO)Nc1cn[nH]c(=O)c1Cl. The number of rotatable bonds is 4. The molecule has 0 spiro atoms. The van der Waals surface area contributed by atoms with Crippen LogP contribution >= 0.6 is 11.6 Å². The van der Waals surface area contributed by atoms with Crippen LogP contribution < -0.4 is 10.9 Å². The van der Waals surface area contributed by atoms with Gasteiger partial charge in [-0.1, -0.05) is 18.5 Å². The van der Waals surface area contributed by atoms with Crippen molar-refractivity contribution in [3.05, 3.63) is 21.6 Å². The van der Waals surface area contributed by atoms with Gasteiger partial charge in [0.25, 0.3) is 5.56 Å². The Morgan fingerprint density at radius 1 is 1.79 bits per heavy atom. The highest BCUT2D eigenvalue weighted by atomic mass is 35.5. The molecule has 0 saturated heterocycles. The Balaban J connectivity index is 2.86. The second-order valence-electron chi connectivity index (χ2n) is 2.86. The summed E-state index contributed by atoms with van der Waals surface area (Å²) in [5, 5.41) is 17.7. The highest BCUT2D eigenvalue weighted by Gasteiger charge is 2.09. The molecule has 6 heteroatoms. The van der Waals surface area contributed by atoms with Gasteiger partial charge in [-0.05, 0) is 6.42 Å². The second kappa shape index (κ2) is 4.97. The molecule has 0 aliphatic rings. The van der Waals surface area contributed by atoms with Crippen LogP contribution in [0.25, 0.3) is 0 Å². The number of halogens is 1. The van der Waals surface area contributed by atoms with E-state index in [4.69, 9.17) is 16.7 Å². The standard InChI is InChI=1S/C8H12ClN3O2/c1-2-5(4-13)11-6-3-10-12-8(14)7(6)9/h3,5,13H,2,4H2,1H3,(H2,11,12,14)/t5-/m1/s1. The average Bonchev–Trinajstić information content (AvgIpc) is 2.20. The van der Waals surface area contributed by atoms with Gasteiger partial charge in [0, 0.05) is 6.04 Å². The summed E-state index contributed by atoms with van der Waals surface area (Å²) in [6.07, 6.45) is 2.15. The molecule has 1 heterocycles. The highest BCUT2D eigenvalue weighted by molar-refractivity contribution is 6.32. The molecule has 0 aliphatic carbocycles. The molecule has 0 aromatic carbocycles. The maximum absolute atomic E-state index is 11.0. The number of aliphatic hydroxyl groups excluding tert-OH is 1. The molecule has 78 valence electrons. The lowest BCUT2D eigenvalue weighted by molar-refractivity contribution is 0.272. The van der Waals surface area contributed by atoms with Crippen LogP contribution in [0.5, 0.6) is 0 Å². The van der Waals surface area contributed by atoms with Crippen molar-refractivity contribution in [2.75, 3.05) is 11.9 Å². The summed E-state index contributed by atoms with van der Waals surface area (Å²) in [7, 11) is 0. The minimum atomic E-state index is -0.440. The Morgan fingerprint density at radius 3 is 3.07 bits per heavy atom. The quantitative estimate of drug-likeness (QED) is 0.691. The largest absolute Gasteiger partial charge is 0.394 e. The van der Waals surface area contributed by atoms with Gasteiger partial charge in [-0.3, -0.25) is 4.79 Å². The molecule has 0 radical (unpaired) electrons. The molecule has 1 atom stereocenters. The van der Waals surface area contributed by atoms with E-state index >= 15 is 0 Å². The normalized spacial score (nSPS) is 12.5. The van der Waals surface area contributed by atoms with Gasteiger partial charge in [0.05, 0.1) is 18.5 Å². The Hall–Kier alpha value is -1.07. The molecule has 1 aromatic rings. The number of H-pyrrole nitrogens is 1. The summed E-state index contributed by atoms with van der Waals surface area (Å²) < 4.78 is 0. The maximum atomic E-state index is 11.0. The number of anilines is 1. The van der Waals surface area contributed by atoms with Crippen LogP contribution in [0.2, 0.25) is 5.02 Å². The van der Waals surface area contributed by atoms with Gasteiger partial charge < -0.3 is 10.4 Å². The van der Waals surface area contributed by atoms with Gasteiger partial charge in [-0.2, -0.15) is 5.10 Å². The zero-order chi connectivity index (χ0) is 10.6. The van der Waals surface area contributed by atoms with Crippen LogP contribution in [0.15, 0.2) is 11.0 Å². The molecule has 0 bridgehead atoms. The number of hydrogen-bond donors (Lipinski definition) is 3. The Labute approximate surface area is 86.1 Å². The molecule has 0 amide bonds. The summed E-state index contributed by atoms with van der Waals surface area (Å²) in [4.78, 5) is 11.0. The summed E-state index contributed by atoms with van der Waals surface area (Å²) in [6, 6.07) is -0.115. The number of nitrogens with one attached hydrogen (secondary N) is 2. The summed E-state index contributed by atoms with van der Waals surface area (Å²) >= 11 is 5.72. The summed E-state index contributed by atoms with van der Waals surface area (Å²) in [6.45, 7) is 1.90. The van der Waals surface area contributed by atoms with Crippen molar-refractivity contribution in [1.29, 1.82) is 0 Å². The molecular formula is C8H12ClN3O2. The number of aliphatic hydroxyl groups is 1. The first-order valence-corrected chi connectivity index (χ1v) is 4.67. The monoisotopic (exact) mass is 217 g/mol. The zero-order valence-electron chi connectivity index (χ0n) is 7.75. The molecule has 0 unspecified atom stereocenters. The Bertz CT molecular complexity index is 349. The topological polar surface area (TPSA) is 78.0 Å². The molecule has 0 aliphatic heterocycles. The number of aromatic amines is 1. The number of hydrogen-bond acceptors (Lipinski definition) is 4. The molecule has 14 heavy (non-hydrogen) atoms. The maximum Gasteiger partial charge on any atom is 0.285 e. The molecule has 0 fully saturated rings. The van der Waals surface area contributed by atoms with Crippen LogP contribution in [0.3, 0.4) is 0 Å². The van der Waals surface area contributed by atoms with E-state index in [-0.39, 0.29) is 17.7 Å². The van der Waals surface area contributed by atoms with Crippen molar-refractivity contribution in [2.45, 2.75) is 19.4 Å². The van der Waals surface area contributed by atoms with Crippen molar-refractivity contribution >= 4 is 17.3 Å². The molecule has 1 aromatic heterocycles. The van der Waals surface area contributed by atoms with E-state index in [0.29, 0.717) is 5.69 Å². The van der Waals surface area contributed by atoms with Gasteiger partial charge in [0.15, 0.2) is 0 Å². The summed E-state index contributed by atoms with van der Waals surface area (Å²) in [5.74, 6) is 0. The fourth-order valence-electron chi connectivity index (χ4n) is 0.981. The molecule has 1 rings (SSSR count). The molecule has 3 N–H and O–H groups in total. The minimum Gasteiger partial charge on any atom is -0.394 e. The molecule has 5 nitrogen and oxygen atoms in total.